The van der Waals surface area contributed by atoms with Crippen LogP contribution < -0.4 is 0 Å². The predicted molar refractivity (Wildman–Crippen MR) is 92.9 cm³/mol. The van der Waals surface area contributed by atoms with Crippen LogP contribution in [-0.4, -0.2) is 5.11 Å². The van der Waals surface area contributed by atoms with Gasteiger partial charge in [-0.3, -0.25) is 0 Å². The predicted octanol–water partition coefficient (Wildman–Crippen LogP) is 5.29. The molecule has 22 heavy (non-hydrogen) atoms. The lowest BCUT2D eigenvalue weighted by molar-refractivity contribution is 0.165. The third kappa shape index (κ3) is 3.55. The Labute approximate surface area is 132 Å². The van der Waals surface area contributed by atoms with Gasteiger partial charge in [0.2, 0.25) is 0 Å². The van der Waals surface area contributed by atoms with Gasteiger partial charge in [-0.2, -0.15) is 0 Å². The molecule has 0 heterocycles. The first-order chi connectivity index (χ1) is 10.8. The first-order valence-corrected chi connectivity index (χ1v) is 8.04. The van der Waals surface area contributed by atoms with E-state index in [1.54, 1.807) is 0 Å². The Morgan fingerprint density at radius 3 is 2.32 bits per heavy atom. The third-order valence-corrected chi connectivity index (χ3v) is 4.22. The first kappa shape index (κ1) is 14.8. The second kappa shape index (κ2) is 7.24. The van der Waals surface area contributed by atoms with E-state index in [9.17, 15) is 5.11 Å². The van der Waals surface area contributed by atoms with Crippen molar-refractivity contribution in [1.29, 1.82) is 0 Å². The summed E-state index contributed by atoms with van der Waals surface area (Å²) < 4.78 is 0. The summed E-state index contributed by atoms with van der Waals surface area (Å²) in [7, 11) is 0. The zero-order valence-corrected chi connectivity index (χ0v) is 12.8. The van der Waals surface area contributed by atoms with E-state index in [0.717, 1.165) is 31.2 Å². The van der Waals surface area contributed by atoms with Crippen molar-refractivity contribution in [2.24, 2.45) is 0 Å². The van der Waals surface area contributed by atoms with Crippen LogP contribution in [0.1, 0.15) is 36.5 Å². The summed E-state index contributed by atoms with van der Waals surface area (Å²) in [5.41, 5.74) is 2.43. The monoisotopic (exact) mass is 290 g/mol. The van der Waals surface area contributed by atoms with E-state index in [2.05, 4.69) is 42.5 Å². The summed E-state index contributed by atoms with van der Waals surface area (Å²) in [5, 5.41) is 12.9. The molecule has 3 aromatic rings. The van der Waals surface area contributed by atoms with Crippen LogP contribution in [0.5, 0.6) is 0 Å². The maximum Gasteiger partial charge on any atom is 0.0796 e. The Kier molecular flexibility index (Phi) is 4.87. The summed E-state index contributed by atoms with van der Waals surface area (Å²) in [6.07, 6.45) is 3.69. The van der Waals surface area contributed by atoms with Crippen molar-refractivity contribution in [3.8, 4) is 0 Å². The number of benzene rings is 3. The zero-order chi connectivity index (χ0) is 15.2. The number of unbranched alkanes of at least 4 members (excludes halogenated alkanes) is 1. The second-order valence-corrected chi connectivity index (χ2v) is 5.82. The van der Waals surface area contributed by atoms with Crippen LogP contribution >= 0.6 is 0 Å². The molecule has 0 fully saturated rings. The van der Waals surface area contributed by atoms with Gasteiger partial charge in [0, 0.05) is 0 Å². The van der Waals surface area contributed by atoms with Crippen molar-refractivity contribution in [2.75, 3.05) is 0 Å². The summed E-state index contributed by atoms with van der Waals surface area (Å²) in [4.78, 5) is 0. The molecule has 0 aliphatic carbocycles. The van der Waals surface area contributed by atoms with Gasteiger partial charge in [0.15, 0.2) is 0 Å². The van der Waals surface area contributed by atoms with Gasteiger partial charge in [-0.05, 0) is 41.2 Å². The molecule has 1 N–H and O–H groups in total. The number of fused-ring (bicyclic) bond motifs is 1. The minimum atomic E-state index is -0.373. The minimum Gasteiger partial charge on any atom is -0.388 e. The normalized spacial score (nSPS) is 12.4. The maximum atomic E-state index is 10.5. The number of hydrogen-bond acceptors (Lipinski definition) is 1. The van der Waals surface area contributed by atoms with Crippen LogP contribution in [0, 0.1) is 0 Å². The van der Waals surface area contributed by atoms with Crippen molar-refractivity contribution in [1.82, 2.24) is 0 Å². The summed E-state index contributed by atoms with van der Waals surface area (Å²) >= 11 is 0. The van der Waals surface area contributed by atoms with Gasteiger partial charge >= 0.3 is 0 Å². The molecule has 1 nitrogen and oxygen atoms in total. The Morgan fingerprint density at radius 1 is 0.727 bits per heavy atom. The fourth-order valence-electron chi connectivity index (χ4n) is 3.01. The van der Waals surface area contributed by atoms with Crippen molar-refractivity contribution < 1.29 is 5.11 Å². The fraction of sp³-hybridized carbons (Fsp3) is 0.238. The molecule has 1 unspecified atom stereocenters. The number of aliphatic hydroxyl groups is 1. The van der Waals surface area contributed by atoms with Crippen LogP contribution in [0.4, 0.5) is 0 Å². The number of rotatable bonds is 6. The Bertz CT molecular complexity index is 713. The largest absolute Gasteiger partial charge is 0.388 e. The molecule has 0 aliphatic rings. The standard InChI is InChI=1S/C21H22O/c22-21(16-7-4-11-17-9-2-1-3-10-17)20-15-8-13-18-12-5-6-14-19(18)20/h1-3,5-6,8-10,12-15,21-22H,4,7,11,16H2. The number of hydrogen-bond donors (Lipinski definition) is 1. The first-order valence-electron chi connectivity index (χ1n) is 8.04. The van der Waals surface area contributed by atoms with E-state index in [4.69, 9.17) is 0 Å². The molecule has 0 spiro atoms. The maximum absolute atomic E-state index is 10.5. The molecule has 112 valence electrons. The van der Waals surface area contributed by atoms with Crippen LogP contribution in [0.2, 0.25) is 0 Å². The highest BCUT2D eigenvalue weighted by molar-refractivity contribution is 5.85. The lowest BCUT2D eigenvalue weighted by atomic mass is 9.96. The SMILES string of the molecule is OC(CCCCc1ccccc1)c1cccc2ccccc12. The molecule has 0 aliphatic heterocycles. The number of aryl methyl sites for hydroxylation is 1. The number of aliphatic hydroxyl groups excluding tert-OH is 1. The summed E-state index contributed by atoms with van der Waals surface area (Å²) in [5.74, 6) is 0. The fourth-order valence-corrected chi connectivity index (χ4v) is 3.01. The van der Waals surface area contributed by atoms with Crippen LogP contribution in [0.3, 0.4) is 0 Å². The molecule has 0 saturated heterocycles. The molecule has 0 saturated carbocycles. The van der Waals surface area contributed by atoms with Gasteiger partial charge < -0.3 is 5.11 Å². The minimum absolute atomic E-state index is 0.373. The lowest BCUT2D eigenvalue weighted by Crippen LogP contribution is -1.99. The molecule has 0 amide bonds. The quantitative estimate of drug-likeness (QED) is 0.612. The molecule has 0 aromatic heterocycles. The van der Waals surface area contributed by atoms with Crippen molar-refractivity contribution in [2.45, 2.75) is 31.8 Å². The van der Waals surface area contributed by atoms with E-state index >= 15 is 0 Å². The van der Waals surface area contributed by atoms with Gasteiger partial charge in [-0.15, -0.1) is 0 Å². The Hall–Kier alpha value is -2.12. The van der Waals surface area contributed by atoms with Gasteiger partial charge in [0.05, 0.1) is 6.10 Å². The smallest absolute Gasteiger partial charge is 0.0796 e. The second-order valence-electron chi connectivity index (χ2n) is 5.82. The van der Waals surface area contributed by atoms with E-state index in [-0.39, 0.29) is 6.10 Å². The summed E-state index contributed by atoms with van der Waals surface area (Å²) in [6, 6.07) is 25.0. The molecule has 0 radical (unpaired) electrons. The molecular formula is C21H22O. The van der Waals surface area contributed by atoms with E-state index in [0.29, 0.717) is 0 Å². The lowest BCUT2D eigenvalue weighted by Gasteiger charge is -2.13. The molecule has 1 atom stereocenters. The topological polar surface area (TPSA) is 20.2 Å². The Balaban J connectivity index is 1.58. The average Bonchev–Trinajstić information content (AvgIpc) is 2.59. The van der Waals surface area contributed by atoms with Crippen LogP contribution in [0.25, 0.3) is 10.8 Å². The highest BCUT2D eigenvalue weighted by Crippen LogP contribution is 2.27. The van der Waals surface area contributed by atoms with Crippen molar-refractivity contribution >= 4 is 10.8 Å². The van der Waals surface area contributed by atoms with E-state index < -0.39 is 0 Å². The van der Waals surface area contributed by atoms with Crippen molar-refractivity contribution in [3.63, 3.8) is 0 Å². The Morgan fingerprint density at radius 2 is 1.45 bits per heavy atom. The zero-order valence-electron chi connectivity index (χ0n) is 12.8. The van der Waals surface area contributed by atoms with Crippen LogP contribution in [0.15, 0.2) is 72.8 Å². The average molecular weight is 290 g/mol. The molecule has 3 aromatic carbocycles. The highest BCUT2D eigenvalue weighted by Gasteiger charge is 2.10. The van der Waals surface area contributed by atoms with Gasteiger partial charge in [0.25, 0.3) is 0 Å². The molecule has 3 rings (SSSR count). The third-order valence-electron chi connectivity index (χ3n) is 4.22. The molecule has 0 bridgehead atoms. The van der Waals surface area contributed by atoms with E-state index in [1.165, 1.54) is 16.3 Å². The summed E-state index contributed by atoms with van der Waals surface area (Å²) in [6.45, 7) is 0. The highest BCUT2D eigenvalue weighted by atomic mass is 16.3. The molecule has 1 heteroatoms. The van der Waals surface area contributed by atoms with E-state index in [1.807, 2.05) is 30.3 Å². The molecular weight excluding hydrogens is 268 g/mol. The van der Waals surface area contributed by atoms with Crippen LogP contribution in [-0.2, 0) is 6.42 Å². The van der Waals surface area contributed by atoms with Gasteiger partial charge in [-0.1, -0.05) is 79.2 Å². The van der Waals surface area contributed by atoms with Gasteiger partial charge in [0.1, 0.15) is 0 Å². The van der Waals surface area contributed by atoms with Gasteiger partial charge in [-0.25, -0.2) is 0 Å². The van der Waals surface area contributed by atoms with Crippen molar-refractivity contribution in [3.05, 3.63) is 83.9 Å².